The van der Waals surface area contributed by atoms with Crippen LogP contribution in [0.3, 0.4) is 0 Å². The smallest absolute Gasteiger partial charge is 0.0701 e. The molecule has 0 aliphatic rings. The van der Waals surface area contributed by atoms with Gasteiger partial charge in [-0.1, -0.05) is 0 Å². The van der Waals surface area contributed by atoms with Crippen LogP contribution in [0.2, 0.25) is 0 Å². The van der Waals surface area contributed by atoms with E-state index in [1.165, 1.54) is 0 Å². The van der Waals surface area contributed by atoms with Crippen LogP contribution in [0.25, 0.3) is 0 Å². The third-order valence-corrected chi connectivity index (χ3v) is 15.7. The van der Waals surface area contributed by atoms with Gasteiger partial charge in [0.25, 0.3) is 0 Å². The summed E-state index contributed by atoms with van der Waals surface area (Å²) in [5, 5.41) is 20.4. The summed E-state index contributed by atoms with van der Waals surface area (Å²) in [6, 6.07) is 0. The molecule has 16 nitrogen and oxygen atoms in total. The summed E-state index contributed by atoms with van der Waals surface area (Å²) < 4.78 is 34.5. The Morgan fingerprint density at radius 1 is 0.308 bits per heavy atom. The van der Waals surface area contributed by atoms with E-state index < -0.39 is 41.2 Å². The maximum atomic E-state index is 6.47. The van der Waals surface area contributed by atoms with Crippen molar-refractivity contribution in [2.75, 3.05) is 205 Å². The number of nitrogens with one attached hydrogen (secondary N) is 6. The van der Waals surface area contributed by atoms with Crippen LogP contribution >= 0.6 is 41.2 Å². The quantitative estimate of drug-likeness (QED) is 0.0343. The molecule has 0 aliphatic heterocycles. The minimum absolute atomic E-state index is 0.548. The summed E-state index contributed by atoms with van der Waals surface area (Å²) in [6.45, 7) is 14.5. The lowest BCUT2D eigenvalue weighted by molar-refractivity contribution is 0.0521. The molecule has 0 aromatic rings. The Kier molecular flexibility index (Phi) is 38.1. The first-order valence-corrected chi connectivity index (χ1v) is 28.4. The van der Waals surface area contributed by atoms with E-state index in [0.29, 0.717) is 79.0 Å². The third-order valence-electron chi connectivity index (χ3n) is 6.25. The van der Waals surface area contributed by atoms with Gasteiger partial charge in [0, 0.05) is 102 Å². The van der Waals surface area contributed by atoms with Crippen LogP contribution in [-0.4, -0.2) is 205 Å². The molecule has 0 saturated carbocycles. The molecule has 0 spiro atoms. The highest BCUT2D eigenvalue weighted by Gasteiger charge is 2.23. The normalized spacial score (nSPS) is 13.9. The van der Waals surface area contributed by atoms with Gasteiger partial charge in [0.2, 0.25) is 0 Å². The van der Waals surface area contributed by atoms with Crippen molar-refractivity contribution in [3.63, 3.8) is 0 Å². The van der Waals surface area contributed by atoms with Gasteiger partial charge in [0.05, 0.1) is 52.9 Å². The molecule has 0 aromatic carbocycles. The second-order valence-electron chi connectivity index (χ2n) is 13.6. The first-order chi connectivity index (χ1) is 24.7. The fourth-order valence-electron chi connectivity index (χ4n) is 4.27. The molecule has 0 saturated heterocycles. The monoisotopic (exact) mass is 835 g/mol. The van der Waals surface area contributed by atoms with Crippen molar-refractivity contribution in [3.05, 3.63) is 0 Å². The van der Waals surface area contributed by atoms with E-state index >= 15 is 0 Å². The number of hydrogen-bond donors (Lipinski definition) is 10. The largest absolute Gasteiger partial charge is 0.378 e. The summed E-state index contributed by atoms with van der Waals surface area (Å²) >= 11 is 0. The molecular weight excluding hydrogens is 749 g/mol. The van der Waals surface area contributed by atoms with E-state index in [-0.39, 0.29) is 0 Å². The molecule has 0 unspecified atom stereocenters. The SMILES string of the molecule is CS(C)(CNCCNCCN)OS(C)(C)CNCCNCCN.CS(C)(CNCCOCCOCCN)OS(C)(C)CNCCOCCOCCN. The minimum Gasteiger partial charge on any atom is -0.378 e. The average molecular weight is 835 g/mol. The maximum absolute atomic E-state index is 6.47. The lowest BCUT2D eigenvalue weighted by atomic mass is 10.6. The predicted molar refractivity (Wildman–Crippen MR) is 237 cm³/mol. The van der Waals surface area contributed by atoms with Crippen molar-refractivity contribution >= 4 is 41.2 Å². The van der Waals surface area contributed by atoms with Gasteiger partial charge in [0.15, 0.2) is 0 Å². The van der Waals surface area contributed by atoms with Gasteiger partial charge in [-0.2, -0.15) is 0 Å². The topological polar surface area (TPSA) is 232 Å². The molecule has 52 heavy (non-hydrogen) atoms. The molecule has 0 aliphatic carbocycles. The summed E-state index contributed by atoms with van der Waals surface area (Å²) in [7, 11) is -4.50. The molecule has 0 radical (unpaired) electrons. The Bertz CT molecular complexity index is 715. The van der Waals surface area contributed by atoms with E-state index in [0.717, 1.165) is 75.9 Å². The van der Waals surface area contributed by atoms with Crippen molar-refractivity contribution < 1.29 is 26.2 Å². The zero-order valence-electron chi connectivity index (χ0n) is 34.4. The Morgan fingerprint density at radius 2 is 0.577 bits per heavy atom. The van der Waals surface area contributed by atoms with Crippen LogP contribution in [0.1, 0.15) is 0 Å². The van der Waals surface area contributed by atoms with Crippen molar-refractivity contribution in [2.24, 2.45) is 22.9 Å². The van der Waals surface area contributed by atoms with E-state index in [4.69, 9.17) is 49.1 Å². The van der Waals surface area contributed by atoms with Crippen molar-refractivity contribution in [3.8, 4) is 0 Å². The molecule has 324 valence electrons. The molecule has 0 atom stereocenters. The number of nitrogens with two attached hydrogens (primary N) is 4. The molecule has 20 heteroatoms. The second kappa shape index (κ2) is 36.1. The van der Waals surface area contributed by atoms with Crippen LogP contribution in [0, 0.1) is 0 Å². The fraction of sp³-hybridized carbons (Fsp3) is 1.00. The Morgan fingerprint density at radius 3 is 0.865 bits per heavy atom. The standard InChI is InChI=1S/C18H46N4O5S2.C14H40N6OS2/c1-28(2,17-21-7-11-25-15-13-23-9-5-19)27-29(3,4)18-22-8-12-26-16-14-24-10-6-20;1-22(2,13-19-11-9-17-7-5-15)21-23(3,4)14-20-12-10-18-8-6-16/h21-22H,5-20H2,1-4H3;17-20H,5-16H2,1-4H3. The lowest BCUT2D eigenvalue weighted by Crippen LogP contribution is -2.34. The van der Waals surface area contributed by atoms with E-state index in [9.17, 15) is 0 Å². The van der Waals surface area contributed by atoms with Crippen LogP contribution in [0.5, 0.6) is 0 Å². The summed E-state index contributed by atoms with van der Waals surface area (Å²) in [5.41, 5.74) is 21.6. The molecule has 0 aromatic heterocycles. The Hall–Kier alpha value is 0.760. The summed E-state index contributed by atoms with van der Waals surface area (Å²) in [5.74, 6) is 3.54. The molecule has 0 rings (SSSR count). The van der Waals surface area contributed by atoms with Gasteiger partial charge in [-0.3, -0.25) is 7.26 Å². The Balaban J connectivity index is 0. The molecule has 0 amide bonds. The highest BCUT2D eigenvalue weighted by atomic mass is 32.3. The number of hydrogen-bond acceptors (Lipinski definition) is 16. The van der Waals surface area contributed by atoms with E-state index in [1.54, 1.807) is 0 Å². The summed E-state index contributed by atoms with van der Waals surface area (Å²) in [6.07, 6.45) is 17.7. The van der Waals surface area contributed by atoms with Crippen molar-refractivity contribution in [1.82, 2.24) is 31.9 Å². The first kappa shape index (κ1) is 54.9. The second-order valence-corrected chi connectivity index (χ2v) is 27.3. The lowest BCUT2D eigenvalue weighted by Gasteiger charge is -2.42. The van der Waals surface area contributed by atoms with Crippen LogP contribution in [-0.2, 0) is 26.2 Å². The molecule has 0 fully saturated rings. The molecule has 14 N–H and O–H groups in total. The van der Waals surface area contributed by atoms with Gasteiger partial charge >= 0.3 is 0 Å². The predicted octanol–water partition coefficient (Wildman–Crippen LogP) is -0.808. The van der Waals surface area contributed by atoms with Crippen LogP contribution in [0.4, 0.5) is 0 Å². The highest BCUT2D eigenvalue weighted by Crippen LogP contribution is 2.57. The van der Waals surface area contributed by atoms with Gasteiger partial charge in [-0.05, 0) is 50.0 Å². The van der Waals surface area contributed by atoms with Crippen molar-refractivity contribution in [2.45, 2.75) is 0 Å². The maximum Gasteiger partial charge on any atom is 0.0701 e. The Labute approximate surface area is 325 Å². The fourth-order valence-corrected chi connectivity index (χ4v) is 15.6. The summed E-state index contributed by atoms with van der Waals surface area (Å²) in [4.78, 5) is 0. The number of rotatable bonds is 38. The zero-order chi connectivity index (χ0) is 39.5. The van der Waals surface area contributed by atoms with Gasteiger partial charge in [-0.15, -0.1) is 41.2 Å². The van der Waals surface area contributed by atoms with Crippen LogP contribution < -0.4 is 54.8 Å². The van der Waals surface area contributed by atoms with Gasteiger partial charge in [-0.25, -0.2) is 0 Å². The zero-order valence-corrected chi connectivity index (χ0v) is 37.6. The highest BCUT2D eigenvalue weighted by molar-refractivity contribution is 8.41. The average Bonchev–Trinajstić information content (AvgIpc) is 3.05. The minimum atomic E-state index is -1.17. The van der Waals surface area contributed by atoms with E-state index in [2.05, 4.69) is 81.9 Å². The number of ether oxygens (including phenoxy) is 4. The van der Waals surface area contributed by atoms with Gasteiger partial charge in [0.1, 0.15) is 0 Å². The molecule has 0 bridgehead atoms. The molecule has 0 heterocycles. The molecular formula is C32H86N10O6S4. The van der Waals surface area contributed by atoms with Gasteiger partial charge < -0.3 is 73.8 Å². The van der Waals surface area contributed by atoms with E-state index in [1.807, 2.05) is 0 Å². The first-order valence-electron chi connectivity index (χ1n) is 18.3. The third kappa shape index (κ3) is 41.9. The van der Waals surface area contributed by atoms with Crippen LogP contribution in [0.15, 0.2) is 0 Å². The van der Waals surface area contributed by atoms with Crippen molar-refractivity contribution in [1.29, 1.82) is 0 Å².